The van der Waals surface area contributed by atoms with Crippen LogP contribution < -0.4 is 10.6 Å². The maximum atomic E-state index is 12.0. The fourth-order valence-electron chi connectivity index (χ4n) is 2.28. The number of nitrogens with one attached hydrogen (secondary N) is 2. The number of para-hydroxylation sites is 1. The number of hydrogen-bond acceptors (Lipinski definition) is 3. The fourth-order valence-corrected chi connectivity index (χ4v) is 2.28. The van der Waals surface area contributed by atoms with Gasteiger partial charge in [-0.05, 0) is 24.8 Å². The SMILES string of the molecule is COCc1ccccc1NC(=O)NCC(C)(C)CC(C)O. The first kappa shape index (κ1) is 17.5. The lowest BCUT2D eigenvalue weighted by atomic mass is 9.87. The van der Waals surface area contributed by atoms with Gasteiger partial charge in [-0.2, -0.15) is 0 Å². The zero-order valence-corrected chi connectivity index (χ0v) is 13.3. The number of amides is 2. The van der Waals surface area contributed by atoms with Gasteiger partial charge >= 0.3 is 6.03 Å². The van der Waals surface area contributed by atoms with E-state index in [1.165, 1.54) is 0 Å². The molecule has 1 unspecified atom stereocenters. The van der Waals surface area contributed by atoms with Gasteiger partial charge in [0.25, 0.3) is 0 Å². The molecule has 0 aliphatic carbocycles. The Morgan fingerprint density at radius 1 is 1.38 bits per heavy atom. The molecule has 118 valence electrons. The molecule has 1 aromatic rings. The van der Waals surface area contributed by atoms with Crippen LogP contribution in [-0.2, 0) is 11.3 Å². The molecule has 0 spiro atoms. The molecule has 0 heterocycles. The van der Waals surface area contributed by atoms with E-state index < -0.39 is 0 Å². The Balaban J connectivity index is 2.54. The number of aliphatic hydroxyl groups excluding tert-OH is 1. The quantitative estimate of drug-likeness (QED) is 0.724. The molecule has 0 saturated heterocycles. The number of hydrogen-bond donors (Lipinski definition) is 3. The van der Waals surface area contributed by atoms with Crippen LogP contribution >= 0.6 is 0 Å². The predicted octanol–water partition coefficient (Wildman–Crippen LogP) is 2.75. The summed E-state index contributed by atoms with van der Waals surface area (Å²) in [6, 6.07) is 7.28. The molecule has 0 aliphatic rings. The van der Waals surface area contributed by atoms with Crippen LogP contribution in [0.25, 0.3) is 0 Å². The minimum atomic E-state index is -0.382. The highest BCUT2D eigenvalue weighted by Crippen LogP contribution is 2.21. The molecule has 5 heteroatoms. The molecular formula is C16H26N2O3. The molecule has 2 amide bonds. The molecule has 5 nitrogen and oxygen atoms in total. The lowest BCUT2D eigenvalue weighted by Crippen LogP contribution is -2.38. The van der Waals surface area contributed by atoms with Gasteiger partial charge in [-0.1, -0.05) is 32.0 Å². The summed E-state index contributed by atoms with van der Waals surface area (Å²) in [5.74, 6) is 0. The number of urea groups is 1. The van der Waals surface area contributed by atoms with E-state index in [-0.39, 0.29) is 17.6 Å². The Morgan fingerprint density at radius 3 is 2.67 bits per heavy atom. The summed E-state index contributed by atoms with van der Waals surface area (Å²) >= 11 is 0. The first-order chi connectivity index (χ1) is 9.84. The van der Waals surface area contributed by atoms with Gasteiger partial charge in [-0.25, -0.2) is 4.79 Å². The van der Waals surface area contributed by atoms with Crippen LogP contribution in [0.4, 0.5) is 10.5 Å². The number of anilines is 1. The number of rotatable bonds is 7. The maximum absolute atomic E-state index is 12.0. The van der Waals surface area contributed by atoms with E-state index in [2.05, 4.69) is 10.6 Å². The third-order valence-electron chi connectivity index (χ3n) is 3.14. The molecule has 0 radical (unpaired) electrons. The first-order valence-corrected chi connectivity index (χ1v) is 7.14. The highest BCUT2D eigenvalue weighted by Gasteiger charge is 2.21. The smallest absolute Gasteiger partial charge is 0.319 e. The molecule has 21 heavy (non-hydrogen) atoms. The molecule has 3 N–H and O–H groups in total. The molecule has 1 atom stereocenters. The Hall–Kier alpha value is -1.59. The monoisotopic (exact) mass is 294 g/mol. The van der Waals surface area contributed by atoms with Crippen molar-refractivity contribution >= 4 is 11.7 Å². The van der Waals surface area contributed by atoms with E-state index in [0.29, 0.717) is 19.6 Å². The summed E-state index contributed by atoms with van der Waals surface area (Å²) in [4.78, 5) is 12.0. The minimum absolute atomic E-state index is 0.155. The largest absolute Gasteiger partial charge is 0.393 e. The van der Waals surface area contributed by atoms with Crippen molar-refractivity contribution in [1.82, 2.24) is 5.32 Å². The Bertz CT molecular complexity index is 459. The predicted molar refractivity (Wildman–Crippen MR) is 84.3 cm³/mol. The zero-order chi connectivity index (χ0) is 15.9. The van der Waals surface area contributed by atoms with Crippen LogP contribution in [0.3, 0.4) is 0 Å². The second-order valence-corrected chi connectivity index (χ2v) is 6.12. The first-order valence-electron chi connectivity index (χ1n) is 7.14. The van der Waals surface area contributed by atoms with Crippen molar-refractivity contribution in [1.29, 1.82) is 0 Å². The van der Waals surface area contributed by atoms with Gasteiger partial charge in [0.1, 0.15) is 0 Å². The normalized spacial score (nSPS) is 12.8. The van der Waals surface area contributed by atoms with Crippen molar-refractivity contribution in [2.75, 3.05) is 19.0 Å². The standard InChI is InChI=1S/C16H26N2O3/c1-12(19)9-16(2,3)11-17-15(20)18-14-8-6-5-7-13(14)10-21-4/h5-8,12,19H,9-11H2,1-4H3,(H2,17,18,20). The summed E-state index contributed by atoms with van der Waals surface area (Å²) in [5.41, 5.74) is 1.51. The highest BCUT2D eigenvalue weighted by molar-refractivity contribution is 5.90. The minimum Gasteiger partial charge on any atom is -0.393 e. The Morgan fingerprint density at radius 2 is 2.05 bits per heavy atom. The molecular weight excluding hydrogens is 268 g/mol. The summed E-state index contributed by atoms with van der Waals surface area (Å²) < 4.78 is 5.11. The van der Waals surface area contributed by atoms with E-state index in [0.717, 1.165) is 11.3 Å². The number of carbonyl (C=O) groups is 1. The second kappa shape index (κ2) is 8.00. The van der Waals surface area contributed by atoms with Crippen LogP contribution in [0.2, 0.25) is 0 Å². The second-order valence-electron chi connectivity index (χ2n) is 6.12. The zero-order valence-electron chi connectivity index (χ0n) is 13.3. The van der Waals surface area contributed by atoms with Crippen molar-refractivity contribution in [2.24, 2.45) is 5.41 Å². The lowest BCUT2D eigenvalue weighted by Gasteiger charge is -2.26. The molecule has 0 aliphatic heterocycles. The number of aliphatic hydroxyl groups is 1. The van der Waals surface area contributed by atoms with E-state index in [9.17, 15) is 9.90 Å². The molecule has 0 saturated carbocycles. The molecule has 0 bridgehead atoms. The summed E-state index contributed by atoms with van der Waals surface area (Å²) in [6.45, 7) is 6.72. The Kier molecular flexibility index (Phi) is 6.65. The number of ether oxygens (including phenoxy) is 1. The van der Waals surface area contributed by atoms with Gasteiger partial charge in [-0.15, -0.1) is 0 Å². The van der Waals surface area contributed by atoms with Crippen LogP contribution in [0.1, 0.15) is 32.8 Å². The number of carbonyl (C=O) groups excluding carboxylic acids is 1. The Labute approximate surface area is 126 Å². The van der Waals surface area contributed by atoms with Gasteiger partial charge in [0.15, 0.2) is 0 Å². The van der Waals surface area contributed by atoms with Crippen LogP contribution in [0.15, 0.2) is 24.3 Å². The molecule has 1 rings (SSSR count). The van der Waals surface area contributed by atoms with Crippen molar-refractivity contribution in [3.05, 3.63) is 29.8 Å². The lowest BCUT2D eigenvalue weighted by molar-refractivity contribution is 0.129. The van der Waals surface area contributed by atoms with Gasteiger partial charge in [0.2, 0.25) is 0 Å². The van der Waals surface area contributed by atoms with E-state index in [1.807, 2.05) is 38.1 Å². The average Bonchev–Trinajstić information content (AvgIpc) is 2.38. The molecule has 1 aromatic carbocycles. The number of benzene rings is 1. The van der Waals surface area contributed by atoms with Gasteiger partial charge < -0.3 is 20.5 Å². The third-order valence-corrected chi connectivity index (χ3v) is 3.14. The van der Waals surface area contributed by atoms with E-state index in [1.54, 1.807) is 14.0 Å². The van der Waals surface area contributed by atoms with Crippen LogP contribution in [0, 0.1) is 5.41 Å². The van der Waals surface area contributed by atoms with Crippen molar-refractivity contribution in [3.63, 3.8) is 0 Å². The van der Waals surface area contributed by atoms with E-state index in [4.69, 9.17) is 4.74 Å². The van der Waals surface area contributed by atoms with Crippen LogP contribution in [-0.4, -0.2) is 30.9 Å². The highest BCUT2D eigenvalue weighted by atomic mass is 16.5. The number of methoxy groups -OCH3 is 1. The van der Waals surface area contributed by atoms with Crippen molar-refractivity contribution in [2.45, 2.75) is 39.9 Å². The molecule has 0 aromatic heterocycles. The summed E-state index contributed by atoms with van der Waals surface area (Å²) in [7, 11) is 1.62. The summed E-state index contributed by atoms with van der Waals surface area (Å²) in [5, 5.41) is 15.1. The van der Waals surface area contributed by atoms with Gasteiger partial charge in [0, 0.05) is 24.9 Å². The average molecular weight is 294 g/mol. The van der Waals surface area contributed by atoms with Gasteiger partial charge in [0.05, 0.1) is 12.7 Å². The maximum Gasteiger partial charge on any atom is 0.319 e. The van der Waals surface area contributed by atoms with Crippen molar-refractivity contribution in [3.8, 4) is 0 Å². The van der Waals surface area contributed by atoms with E-state index >= 15 is 0 Å². The van der Waals surface area contributed by atoms with Crippen molar-refractivity contribution < 1.29 is 14.6 Å². The van der Waals surface area contributed by atoms with Crippen LogP contribution in [0.5, 0.6) is 0 Å². The van der Waals surface area contributed by atoms with Gasteiger partial charge in [-0.3, -0.25) is 0 Å². The summed E-state index contributed by atoms with van der Waals surface area (Å²) in [6.07, 6.45) is 0.250. The molecule has 0 fully saturated rings. The third kappa shape index (κ3) is 6.60. The topological polar surface area (TPSA) is 70.6 Å². The fraction of sp³-hybridized carbons (Fsp3) is 0.562.